The van der Waals surface area contributed by atoms with Crippen LogP contribution in [0.3, 0.4) is 0 Å². The van der Waals surface area contributed by atoms with Crippen LogP contribution in [0.15, 0.2) is 39.5 Å². The fourth-order valence-corrected chi connectivity index (χ4v) is 3.22. The SMILES string of the molecule is CCCSC(N=Cc1cc(C)cc(C=O)c1O)=NN=Cc1cc(C)cc(C=O)c1O.[Cu]. The van der Waals surface area contributed by atoms with Crippen LogP contribution in [-0.4, -0.2) is 46.1 Å². The Balaban J connectivity index is 0.00000480. The van der Waals surface area contributed by atoms with Gasteiger partial charge in [-0.2, -0.15) is 5.10 Å². The first-order chi connectivity index (χ1) is 14.4. The molecule has 0 aliphatic carbocycles. The van der Waals surface area contributed by atoms with Crippen LogP contribution in [0.1, 0.15) is 56.3 Å². The summed E-state index contributed by atoms with van der Waals surface area (Å²) in [7, 11) is 0. The van der Waals surface area contributed by atoms with E-state index in [4.69, 9.17) is 0 Å². The number of rotatable bonds is 7. The second kappa shape index (κ2) is 12.8. The third kappa shape index (κ3) is 7.47. The molecule has 0 fully saturated rings. The maximum Gasteiger partial charge on any atom is 0.208 e. The number of aldehydes is 2. The smallest absolute Gasteiger partial charge is 0.208 e. The van der Waals surface area contributed by atoms with Crippen molar-refractivity contribution in [1.82, 2.24) is 0 Å². The molecule has 2 N–H and O–H groups in total. The molecule has 2 aromatic rings. The molecule has 0 aliphatic heterocycles. The Morgan fingerprint density at radius 2 is 1.39 bits per heavy atom. The van der Waals surface area contributed by atoms with E-state index in [1.54, 1.807) is 24.3 Å². The average molecular weight is 489 g/mol. The Morgan fingerprint density at radius 3 is 1.87 bits per heavy atom. The minimum atomic E-state index is -0.160. The van der Waals surface area contributed by atoms with Gasteiger partial charge in [-0.25, -0.2) is 4.99 Å². The Bertz CT molecular complexity index is 1040. The van der Waals surface area contributed by atoms with Gasteiger partial charge >= 0.3 is 0 Å². The van der Waals surface area contributed by atoms with Crippen LogP contribution < -0.4 is 0 Å². The molecule has 2 rings (SSSR count). The van der Waals surface area contributed by atoms with E-state index >= 15 is 0 Å². The summed E-state index contributed by atoms with van der Waals surface area (Å²) in [4.78, 5) is 26.4. The number of phenols is 2. The van der Waals surface area contributed by atoms with Crippen LogP contribution in [0.2, 0.25) is 0 Å². The Labute approximate surface area is 195 Å². The normalized spacial score (nSPS) is 11.6. The molecule has 0 saturated heterocycles. The molecule has 7 nitrogen and oxygen atoms in total. The number of benzene rings is 2. The Hall–Kier alpha value is -2.74. The Morgan fingerprint density at radius 1 is 0.903 bits per heavy atom. The van der Waals surface area contributed by atoms with Gasteiger partial charge in [0.2, 0.25) is 5.17 Å². The van der Waals surface area contributed by atoms with Crippen molar-refractivity contribution in [3.8, 4) is 11.5 Å². The topological polar surface area (TPSA) is 112 Å². The molecule has 0 atom stereocenters. The van der Waals surface area contributed by atoms with Gasteiger partial charge in [0.15, 0.2) is 12.6 Å². The molecule has 0 amide bonds. The third-order valence-corrected chi connectivity index (χ3v) is 5.03. The molecule has 0 heterocycles. The number of aryl methyl sites for hydroxylation is 2. The molecule has 0 saturated carbocycles. The molecular weight excluding hydrogens is 466 g/mol. The number of hydrogen-bond acceptors (Lipinski definition) is 7. The first-order valence-corrected chi connectivity index (χ1v) is 10.2. The number of aliphatic imine (C=N–C) groups is 1. The fourth-order valence-electron chi connectivity index (χ4n) is 2.60. The van der Waals surface area contributed by atoms with Crippen LogP contribution in [0.4, 0.5) is 0 Å². The summed E-state index contributed by atoms with van der Waals surface area (Å²) in [5, 5.41) is 28.7. The molecule has 1 radical (unpaired) electrons. The first kappa shape index (κ1) is 26.3. The predicted molar refractivity (Wildman–Crippen MR) is 122 cm³/mol. The zero-order valence-corrected chi connectivity index (χ0v) is 19.1. The van der Waals surface area contributed by atoms with Crippen molar-refractivity contribution in [2.75, 3.05) is 5.75 Å². The number of aromatic hydroxyl groups is 2. The number of carbonyl (C=O) groups is 2. The zero-order valence-electron chi connectivity index (χ0n) is 17.3. The number of phenolic OH excluding ortho intramolecular Hbond substituents is 2. The van der Waals surface area contributed by atoms with E-state index in [0.29, 0.717) is 28.9 Å². The van der Waals surface area contributed by atoms with Crippen molar-refractivity contribution in [3.05, 3.63) is 57.6 Å². The standard InChI is InChI=1S/C22H23N3O4S.Cu/c1-4-5-30-22(23-10-16-6-14(2)8-18(12-26)20(16)28)25-24-11-17-7-15(3)9-19(13-27)21(17)29;/h6-13,28-29H,4-5H2,1-3H3;. The second-order valence-corrected chi connectivity index (χ2v) is 7.62. The Kier molecular flexibility index (Phi) is 10.9. The summed E-state index contributed by atoms with van der Waals surface area (Å²) >= 11 is 1.38. The third-order valence-electron chi connectivity index (χ3n) is 3.97. The van der Waals surface area contributed by atoms with Gasteiger partial charge in [0.05, 0.1) is 17.3 Å². The largest absolute Gasteiger partial charge is 0.507 e. The van der Waals surface area contributed by atoms with E-state index in [-0.39, 0.29) is 39.7 Å². The maximum absolute atomic E-state index is 11.1. The fraction of sp³-hybridized carbons (Fsp3) is 0.227. The van der Waals surface area contributed by atoms with E-state index < -0.39 is 0 Å². The predicted octanol–water partition coefficient (Wildman–Crippen LogP) is 4.29. The quantitative estimate of drug-likeness (QED) is 0.198. The minimum Gasteiger partial charge on any atom is -0.507 e. The van der Waals surface area contributed by atoms with Crippen molar-refractivity contribution in [1.29, 1.82) is 0 Å². The zero-order chi connectivity index (χ0) is 22.1. The van der Waals surface area contributed by atoms with Gasteiger partial charge in [0.1, 0.15) is 11.5 Å². The molecular formula is C22H23CuN3O4S. The van der Waals surface area contributed by atoms with Gasteiger partial charge in [-0.05, 0) is 55.7 Å². The summed E-state index contributed by atoms with van der Waals surface area (Å²) in [6, 6.07) is 6.57. The molecule has 0 aliphatic rings. The van der Waals surface area contributed by atoms with Crippen molar-refractivity contribution in [2.45, 2.75) is 27.2 Å². The number of thioether (sulfide) groups is 1. The summed E-state index contributed by atoms with van der Waals surface area (Å²) in [5.74, 6) is 0.455. The maximum atomic E-state index is 11.1. The van der Waals surface area contributed by atoms with Gasteiger partial charge in [-0.1, -0.05) is 18.7 Å². The van der Waals surface area contributed by atoms with Gasteiger partial charge in [0.25, 0.3) is 0 Å². The number of carbonyl (C=O) groups excluding carboxylic acids is 2. The molecule has 0 unspecified atom stereocenters. The summed E-state index contributed by atoms with van der Waals surface area (Å²) in [6.45, 7) is 5.64. The van der Waals surface area contributed by atoms with E-state index in [2.05, 4.69) is 15.2 Å². The number of hydrogen-bond donors (Lipinski definition) is 2. The van der Waals surface area contributed by atoms with Crippen LogP contribution in [0.25, 0.3) is 0 Å². The molecule has 0 bridgehead atoms. The molecule has 0 aromatic heterocycles. The number of amidine groups is 1. The van der Waals surface area contributed by atoms with E-state index in [9.17, 15) is 19.8 Å². The first-order valence-electron chi connectivity index (χ1n) is 9.25. The van der Waals surface area contributed by atoms with Crippen LogP contribution >= 0.6 is 11.8 Å². The van der Waals surface area contributed by atoms with Gasteiger partial charge < -0.3 is 10.2 Å². The molecule has 31 heavy (non-hydrogen) atoms. The molecule has 167 valence electrons. The van der Waals surface area contributed by atoms with E-state index in [1.165, 1.54) is 24.2 Å². The van der Waals surface area contributed by atoms with Crippen LogP contribution in [-0.2, 0) is 17.1 Å². The van der Waals surface area contributed by atoms with Gasteiger partial charge in [-0.15, -0.1) is 5.10 Å². The summed E-state index contributed by atoms with van der Waals surface area (Å²) in [6.07, 6.45) is 4.85. The van der Waals surface area contributed by atoms with Crippen molar-refractivity contribution in [2.24, 2.45) is 15.2 Å². The van der Waals surface area contributed by atoms with Gasteiger partial charge in [0, 0.05) is 40.2 Å². The molecule has 0 spiro atoms. The van der Waals surface area contributed by atoms with Crippen molar-refractivity contribution >= 4 is 41.9 Å². The van der Waals surface area contributed by atoms with E-state index in [1.807, 2.05) is 20.8 Å². The molecule has 2 aromatic carbocycles. The minimum absolute atomic E-state index is 0. The molecule has 9 heteroatoms. The summed E-state index contributed by atoms with van der Waals surface area (Å²) in [5.41, 5.74) is 2.76. The second-order valence-electron chi connectivity index (χ2n) is 6.55. The summed E-state index contributed by atoms with van der Waals surface area (Å²) < 4.78 is 0. The van der Waals surface area contributed by atoms with E-state index in [0.717, 1.165) is 23.3 Å². The average Bonchev–Trinajstić information content (AvgIpc) is 2.73. The number of nitrogens with zero attached hydrogens (tertiary/aromatic N) is 3. The van der Waals surface area contributed by atoms with Gasteiger partial charge in [-0.3, -0.25) is 9.59 Å². The van der Waals surface area contributed by atoms with Crippen molar-refractivity contribution < 1.29 is 36.9 Å². The van der Waals surface area contributed by atoms with Crippen LogP contribution in [0, 0.1) is 13.8 Å². The monoisotopic (exact) mass is 488 g/mol. The van der Waals surface area contributed by atoms with Crippen molar-refractivity contribution in [3.63, 3.8) is 0 Å². The van der Waals surface area contributed by atoms with Crippen LogP contribution in [0.5, 0.6) is 11.5 Å².